The van der Waals surface area contributed by atoms with E-state index in [9.17, 15) is 9.18 Å². The molecule has 0 saturated heterocycles. The van der Waals surface area contributed by atoms with Crippen LogP contribution in [0.5, 0.6) is 0 Å². The van der Waals surface area contributed by atoms with Crippen molar-refractivity contribution in [2.24, 2.45) is 0 Å². The van der Waals surface area contributed by atoms with Gasteiger partial charge in [0.25, 0.3) is 0 Å². The van der Waals surface area contributed by atoms with Crippen molar-refractivity contribution < 1.29 is 13.9 Å². The Morgan fingerprint density at radius 3 is 2.86 bits per heavy atom. The largest absolute Gasteiger partial charge is 0.456 e. The fourth-order valence-corrected chi connectivity index (χ4v) is 1.64. The number of halogens is 1. The number of ether oxygens (including phenoxy) is 1. The van der Waals surface area contributed by atoms with Crippen molar-refractivity contribution in [2.75, 3.05) is 0 Å². The highest BCUT2D eigenvalue weighted by atomic mass is 19.1. The van der Waals surface area contributed by atoms with Gasteiger partial charge in [0, 0.05) is 5.56 Å². The highest BCUT2D eigenvalue weighted by molar-refractivity contribution is 5.92. The number of cyclic esters (lactones) is 1. The van der Waals surface area contributed by atoms with Gasteiger partial charge >= 0.3 is 5.97 Å². The molecule has 2 rings (SSSR count). The lowest BCUT2D eigenvalue weighted by Crippen LogP contribution is -2.27. The van der Waals surface area contributed by atoms with Crippen molar-refractivity contribution >= 4 is 5.97 Å². The monoisotopic (exact) mass is 194 g/mol. The Kier molecular flexibility index (Phi) is 2.02. The Morgan fingerprint density at radius 2 is 2.14 bits per heavy atom. The van der Waals surface area contributed by atoms with Crippen molar-refractivity contribution in [2.45, 2.75) is 26.1 Å². The topological polar surface area (TPSA) is 26.3 Å². The lowest BCUT2D eigenvalue weighted by atomic mass is 9.96. The maximum atomic E-state index is 13.6. The van der Waals surface area contributed by atoms with E-state index in [1.54, 1.807) is 25.1 Å². The summed E-state index contributed by atoms with van der Waals surface area (Å²) in [5.41, 5.74) is 1.75. The second-order valence-electron chi connectivity index (χ2n) is 3.60. The van der Waals surface area contributed by atoms with Gasteiger partial charge in [0.1, 0.15) is 6.10 Å². The maximum Gasteiger partial charge on any atom is 0.338 e. The number of rotatable bonds is 0. The minimum absolute atomic E-state index is 0.348. The van der Waals surface area contributed by atoms with Crippen LogP contribution in [0.3, 0.4) is 0 Å². The number of benzene rings is 1. The maximum absolute atomic E-state index is 13.6. The first-order chi connectivity index (χ1) is 6.59. The molecule has 0 aromatic heterocycles. The van der Waals surface area contributed by atoms with Crippen LogP contribution in [0.25, 0.3) is 0 Å². The lowest BCUT2D eigenvalue weighted by Gasteiger charge is -2.25. The van der Waals surface area contributed by atoms with Gasteiger partial charge in [0.15, 0.2) is 6.17 Å². The molecular weight excluding hydrogens is 183 g/mol. The zero-order chi connectivity index (χ0) is 10.3. The first-order valence-corrected chi connectivity index (χ1v) is 4.55. The van der Waals surface area contributed by atoms with E-state index in [1.165, 1.54) is 0 Å². The number of aryl methyl sites for hydroxylation is 1. The predicted molar refractivity (Wildman–Crippen MR) is 49.9 cm³/mol. The van der Waals surface area contributed by atoms with Crippen LogP contribution in [0, 0.1) is 6.92 Å². The summed E-state index contributed by atoms with van der Waals surface area (Å²) in [5.74, 6) is -0.429. The van der Waals surface area contributed by atoms with E-state index < -0.39 is 18.2 Å². The fraction of sp³-hybridized carbons (Fsp3) is 0.364. The van der Waals surface area contributed by atoms with Gasteiger partial charge in [-0.25, -0.2) is 9.18 Å². The zero-order valence-electron chi connectivity index (χ0n) is 8.08. The third kappa shape index (κ3) is 1.29. The van der Waals surface area contributed by atoms with Crippen molar-refractivity contribution in [3.63, 3.8) is 0 Å². The third-order valence-electron chi connectivity index (χ3n) is 2.43. The molecule has 0 bridgehead atoms. The minimum Gasteiger partial charge on any atom is -0.456 e. The summed E-state index contributed by atoms with van der Waals surface area (Å²) in [4.78, 5) is 11.4. The summed E-state index contributed by atoms with van der Waals surface area (Å²) in [6.07, 6.45) is -1.89. The van der Waals surface area contributed by atoms with Gasteiger partial charge < -0.3 is 4.74 Å². The van der Waals surface area contributed by atoms with Gasteiger partial charge in [-0.3, -0.25) is 0 Å². The molecule has 2 atom stereocenters. The number of alkyl halides is 1. The Labute approximate surface area is 81.7 Å². The number of hydrogen-bond acceptors (Lipinski definition) is 2. The second kappa shape index (κ2) is 3.08. The van der Waals surface area contributed by atoms with Gasteiger partial charge in [-0.2, -0.15) is 0 Å². The molecule has 1 heterocycles. The zero-order valence-corrected chi connectivity index (χ0v) is 8.08. The molecule has 0 fully saturated rings. The van der Waals surface area contributed by atoms with E-state index in [0.717, 1.165) is 5.56 Å². The van der Waals surface area contributed by atoms with Crippen LogP contribution in [0.4, 0.5) is 4.39 Å². The molecule has 1 aliphatic rings. The number of fused-ring (bicyclic) bond motifs is 1. The van der Waals surface area contributed by atoms with E-state index in [0.29, 0.717) is 11.1 Å². The van der Waals surface area contributed by atoms with Gasteiger partial charge in [-0.1, -0.05) is 17.7 Å². The van der Waals surface area contributed by atoms with E-state index in [-0.39, 0.29) is 0 Å². The molecule has 0 radical (unpaired) electrons. The SMILES string of the molecule is Cc1ccc2c(c1)[C@H](F)[C@H](C)OC2=O. The van der Waals surface area contributed by atoms with Gasteiger partial charge in [-0.05, 0) is 19.9 Å². The summed E-state index contributed by atoms with van der Waals surface area (Å²) in [6.45, 7) is 3.44. The summed E-state index contributed by atoms with van der Waals surface area (Å²) in [5, 5.41) is 0. The van der Waals surface area contributed by atoms with Crippen LogP contribution in [-0.2, 0) is 4.74 Å². The highest BCUT2D eigenvalue weighted by Crippen LogP contribution is 2.32. The predicted octanol–water partition coefficient (Wildman–Crippen LogP) is 2.56. The van der Waals surface area contributed by atoms with E-state index in [4.69, 9.17) is 4.74 Å². The summed E-state index contributed by atoms with van der Waals surface area (Å²) in [6, 6.07) is 5.10. The van der Waals surface area contributed by atoms with Gasteiger partial charge in [0.05, 0.1) is 5.56 Å². The van der Waals surface area contributed by atoms with E-state index in [1.807, 2.05) is 6.92 Å². The van der Waals surface area contributed by atoms with Crippen LogP contribution in [-0.4, -0.2) is 12.1 Å². The molecular formula is C11H11FO2. The lowest BCUT2D eigenvalue weighted by molar-refractivity contribution is 0.00402. The number of carbonyl (C=O) groups is 1. The molecule has 0 aliphatic carbocycles. The number of esters is 1. The quantitative estimate of drug-likeness (QED) is 0.593. The molecule has 0 saturated carbocycles. The van der Waals surface area contributed by atoms with Crippen LogP contribution in [0.1, 0.15) is 34.6 Å². The van der Waals surface area contributed by atoms with Gasteiger partial charge in [-0.15, -0.1) is 0 Å². The second-order valence-corrected chi connectivity index (χ2v) is 3.60. The standard InChI is InChI=1S/C11H11FO2/c1-6-3-4-8-9(5-6)10(12)7(2)14-11(8)13/h3-5,7,10H,1-2H3/t7-,10+/m0/s1. The normalized spacial score (nSPS) is 25.5. The molecule has 0 N–H and O–H groups in total. The molecule has 1 aliphatic heterocycles. The molecule has 1 aromatic rings. The van der Waals surface area contributed by atoms with Crippen LogP contribution < -0.4 is 0 Å². The molecule has 0 spiro atoms. The van der Waals surface area contributed by atoms with Crippen molar-refractivity contribution in [3.05, 3.63) is 34.9 Å². The van der Waals surface area contributed by atoms with E-state index in [2.05, 4.69) is 0 Å². The Bertz CT molecular complexity index is 387. The van der Waals surface area contributed by atoms with Crippen molar-refractivity contribution in [1.82, 2.24) is 0 Å². The minimum atomic E-state index is -1.21. The summed E-state index contributed by atoms with van der Waals surface area (Å²) >= 11 is 0. The van der Waals surface area contributed by atoms with Crippen LogP contribution in [0.2, 0.25) is 0 Å². The first kappa shape index (κ1) is 9.19. The van der Waals surface area contributed by atoms with E-state index >= 15 is 0 Å². The molecule has 2 nitrogen and oxygen atoms in total. The molecule has 0 amide bonds. The smallest absolute Gasteiger partial charge is 0.338 e. The molecule has 0 unspecified atom stereocenters. The Morgan fingerprint density at radius 1 is 1.43 bits per heavy atom. The van der Waals surface area contributed by atoms with Crippen LogP contribution >= 0.6 is 0 Å². The first-order valence-electron chi connectivity index (χ1n) is 4.55. The molecule has 3 heteroatoms. The van der Waals surface area contributed by atoms with Crippen LogP contribution in [0.15, 0.2) is 18.2 Å². The number of carbonyl (C=O) groups excluding carboxylic acids is 1. The van der Waals surface area contributed by atoms with Gasteiger partial charge in [0.2, 0.25) is 0 Å². The number of hydrogen-bond donors (Lipinski definition) is 0. The third-order valence-corrected chi connectivity index (χ3v) is 2.43. The van der Waals surface area contributed by atoms with Crippen molar-refractivity contribution in [3.8, 4) is 0 Å². The summed E-state index contributed by atoms with van der Waals surface area (Å²) < 4.78 is 18.5. The molecule has 74 valence electrons. The average Bonchev–Trinajstić information content (AvgIpc) is 2.14. The Hall–Kier alpha value is -1.38. The van der Waals surface area contributed by atoms with Crippen molar-refractivity contribution in [1.29, 1.82) is 0 Å². The Balaban J connectivity index is 2.56. The fourth-order valence-electron chi connectivity index (χ4n) is 1.64. The highest BCUT2D eigenvalue weighted by Gasteiger charge is 2.32. The molecule has 1 aromatic carbocycles. The summed E-state index contributed by atoms with van der Waals surface area (Å²) in [7, 11) is 0. The molecule has 14 heavy (non-hydrogen) atoms. The average molecular weight is 194 g/mol.